The average Bonchev–Trinajstić information content (AvgIpc) is 3.44. The summed E-state index contributed by atoms with van der Waals surface area (Å²) in [6.45, 7) is 4.43. The molecule has 7 nitrogen and oxygen atoms in total. The maximum Gasteiger partial charge on any atom is 0.236 e. The molecule has 1 atom stereocenters. The van der Waals surface area contributed by atoms with Gasteiger partial charge in [0.05, 0.1) is 0 Å². The van der Waals surface area contributed by atoms with Gasteiger partial charge in [0, 0.05) is 44.5 Å². The number of nitrogens with zero attached hydrogens (tertiary/aromatic N) is 2. The van der Waals surface area contributed by atoms with Crippen LogP contribution in [-0.4, -0.2) is 63.1 Å². The number of nitrogens with two attached hydrogens (primary N) is 1. The van der Waals surface area contributed by atoms with Crippen molar-refractivity contribution in [1.82, 2.24) is 9.62 Å². The van der Waals surface area contributed by atoms with Crippen molar-refractivity contribution < 1.29 is 13.2 Å². The number of anilines is 1. The molecule has 0 radical (unpaired) electrons. The predicted octanol–water partition coefficient (Wildman–Crippen LogP) is 0.300. The number of hydrogen-bond acceptors (Lipinski definition) is 5. The standard InChI is InChI=1S/C18H28N4O3S/c1-14-3-2-4-16(11-14)21-7-9-22(10-8-21)26(24,25)13-18(23)20-17(12-19)15-5-6-15/h2-4,11,15,17H,5-10,12-13,19H2,1H3,(H,20,23). The molecule has 3 N–H and O–H groups in total. The van der Waals surface area contributed by atoms with Gasteiger partial charge < -0.3 is 16.0 Å². The fourth-order valence-electron chi connectivity index (χ4n) is 3.42. The molecule has 1 aliphatic carbocycles. The zero-order valence-corrected chi connectivity index (χ0v) is 16.0. The topological polar surface area (TPSA) is 95.7 Å². The zero-order valence-electron chi connectivity index (χ0n) is 15.2. The van der Waals surface area contributed by atoms with Gasteiger partial charge >= 0.3 is 0 Å². The highest BCUT2D eigenvalue weighted by molar-refractivity contribution is 7.89. The molecule has 1 aromatic carbocycles. The second-order valence-corrected chi connectivity index (χ2v) is 9.20. The van der Waals surface area contributed by atoms with Crippen LogP contribution in [0.15, 0.2) is 24.3 Å². The molecule has 2 fully saturated rings. The van der Waals surface area contributed by atoms with Gasteiger partial charge in [-0.05, 0) is 43.4 Å². The lowest BCUT2D eigenvalue weighted by molar-refractivity contribution is -0.119. The highest BCUT2D eigenvalue weighted by atomic mass is 32.2. The number of nitrogens with one attached hydrogen (secondary N) is 1. The number of carbonyl (C=O) groups is 1. The molecule has 0 aromatic heterocycles. The van der Waals surface area contributed by atoms with Gasteiger partial charge in [-0.3, -0.25) is 4.79 Å². The lowest BCUT2D eigenvalue weighted by Crippen LogP contribution is -2.51. The lowest BCUT2D eigenvalue weighted by atomic mass is 10.2. The van der Waals surface area contributed by atoms with E-state index in [9.17, 15) is 13.2 Å². The van der Waals surface area contributed by atoms with Crippen LogP contribution in [-0.2, 0) is 14.8 Å². The minimum atomic E-state index is -3.60. The summed E-state index contributed by atoms with van der Waals surface area (Å²) in [6, 6.07) is 8.08. The minimum Gasteiger partial charge on any atom is -0.369 e. The summed E-state index contributed by atoms with van der Waals surface area (Å²) in [6.07, 6.45) is 2.10. The summed E-state index contributed by atoms with van der Waals surface area (Å²) in [5, 5.41) is 2.78. The first-order chi connectivity index (χ1) is 12.4. The van der Waals surface area contributed by atoms with E-state index in [0.717, 1.165) is 18.5 Å². The smallest absolute Gasteiger partial charge is 0.236 e. The van der Waals surface area contributed by atoms with E-state index in [1.807, 2.05) is 25.1 Å². The van der Waals surface area contributed by atoms with Crippen LogP contribution in [0.1, 0.15) is 18.4 Å². The van der Waals surface area contributed by atoms with E-state index in [4.69, 9.17) is 5.73 Å². The molecule has 1 aromatic rings. The van der Waals surface area contributed by atoms with E-state index in [1.165, 1.54) is 9.87 Å². The molecule has 26 heavy (non-hydrogen) atoms. The third kappa shape index (κ3) is 4.75. The van der Waals surface area contributed by atoms with Crippen molar-refractivity contribution in [3.63, 3.8) is 0 Å². The monoisotopic (exact) mass is 380 g/mol. The van der Waals surface area contributed by atoms with Crippen LogP contribution in [0.3, 0.4) is 0 Å². The molecule has 1 heterocycles. The molecule has 8 heteroatoms. The summed E-state index contributed by atoms with van der Waals surface area (Å²) < 4.78 is 26.6. The van der Waals surface area contributed by atoms with Crippen molar-refractivity contribution in [2.24, 2.45) is 11.7 Å². The van der Waals surface area contributed by atoms with Crippen LogP contribution >= 0.6 is 0 Å². The second-order valence-electron chi connectivity index (χ2n) is 7.23. The van der Waals surface area contributed by atoms with Crippen LogP contribution in [0, 0.1) is 12.8 Å². The Balaban J connectivity index is 1.53. The Labute approximate surface area is 155 Å². The van der Waals surface area contributed by atoms with Crippen molar-refractivity contribution in [2.75, 3.05) is 43.4 Å². The van der Waals surface area contributed by atoms with Crippen molar-refractivity contribution >= 4 is 21.6 Å². The van der Waals surface area contributed by atoms with Crippen LogP contribution in [0.25, 0.3) is 0 Å². The molecule has 1 saturated carbocycles. The molecule has 1 saturated heterocycles. The first kappa shape index (κ1) is 19.1. The number of piperazine rings is 1. The van der Waals surface area contributed by atoms with Crippen LogP contribution in [0.5, 0.6) is 0 Å². The van der Waals surface area contributed by atoms with E-state index in [0.29, 0.717) is 38.6 Å². The molecule has 1 aliphatic heterocycles. The maximum atomic E-state index is 12.6. The molecule has 2 aliphatic rings. The van der Waals surface area contributed by atoms with Crippen molar-refractivity contribution in [2.45, 2.75) is 25.8 Å². The van der Waals surface area contributed by atoms with E-state index < -0.39 is 21.7 Å². The second kappa shape index (κ2) is 7.94. The Morgan fingerprint density at radius 3 is 2.54 bits per heavy atom. The van der Waals surface area contributed by atoms with Gasteiger partial charge in [0.25, 0.3) is 0 Å². The minimum absolute atomic E-state index is 0.101. The number of benzene rings is 1. The first-order valence-corrected chi connectivity index (χ1v) is 10.8. The SMILES string of the molecule is Cc1cccc(N2CCN(S(=O)(=O)CC(=O)NC(CN)C3CC3)CC2)c1. The quantitative estimate of drug-likeness (QED) is 0.709. The number of amides is 1. The Hall–Kier alpha value is -1.64. The van der Waals surface area contributed by atoms with Crippen molar-refractivity contribution in [3.05, 3.63) is 29.8 Å². The van der Waals surface area contributed by atoms with Gasteiger partial charge in [0.15, 0.2) is 0 Å². The Morgan fingerprint density at radius 2 is 1.96 bits per heavy atom. The Bertz CT molecular complexity index is 741. The molecule has 0 spiro atoms. The fraction of sp³-hybridized carbons (Fsp3) is 0.611. The normalized spacial score (nSPS) is 20.0. The van der Waals surface area contributed by atoms with Gasteiger partial charge in [0.1, 0.15) is 5.75 Å². The van der Waals surface area contributed by atoms with E-state index in [-0.39, 0.29) is 6.04 Å². The number of carbonyl (C=O) groups excluding carboxylic acids is 1. The van der Waals surface area contributed by atoms with Crippen LogP contribution in [0.4, 0.5) is 5.69 Å². The molecule has 1 unspecified atom stereocenters. The summed E-state index contributed by atoms with van der Waals surface area (Å²) in [4.78, 5) is 14.3. The molecular weight excluding hydrogens is 352 g/mol. The third-order valence-corrected chi connectivity index (χ3v) is 6.88. The Kier molecular flexibility index (Phi) is 5.84. The van der Waals surface area contributed by atoms with E-state index in [1.54, 1.807) is 0 Å². The third-order valence-electron chi connectivity index (χ3n) is 5.10. The zero-order chi connectivity index (χ0) is 18.7. The van der Waals surface area contributed by atoms with Crippen LogP contribution < -0.4 is 16.0 Å². The number of rotatable bonds is 7. The largest absolute Gasteiger partial charge is 0.369 e. The lowest BCUT2D eigenvalue weighted by Gasteiger charge is -2.35. The molecule has 0 bridgehead atoms. The number of sulfonamides is 1. The van der Waals surface area contributed by atoms with Crippen LogP contribution in [0.2, 0.25) is 0 Å². The molecular formula is C18H28N4O3S. The molecule has 1 amide bonds. The summed E-state index contributed by atoms with van der Waals surface area (Å²) in [7, 11) is -3.60. The number of aryl methyl sites for hydroxylation is 1. The average molecular weight is 381 g/mol. The van der Waals surface area contributed by atoms with Gasteiger partial charge in [-0.25, -0.2) is 8.42 Å². The molecule has 3 rings (SSSR count). The number of hydrogen-bond donors (Lipinski definition) is 2. The summed E-state index contributed by atoms with van der Waals surface area (Å²) in [5.74, 6) is -0.543. The van der Waals surface area contributed by atoms with E-state index in [2.05, 4.69) is 16.3 Å². The first-order valence-electron chi connectivity index (χ1n) is 9.18. The summed E-state index contributed by atoms with van der Waals surface area (Å²) in [5.41, 5.74) is 7.96. The Morgan fingerprint density at radius 1 is 1.27 bits per heavy atom. The van der Waals surface area contributed by atoms with Gasteiger partial charge in [-0.1, -0.05) is 12.1 Å². The highest BCUT2D eigenvalue weighted by Crippen LogP contribution is 2.32. The van der Waals surface area contributed by atoms with Gasteiger partial charge in [-0.15, -0.1) is 0 Å². The summed E-state index contributed by atoms with van der Waals surface area (Å²) >= 11 is 0. The highest BCUT2D eigenvalue weighted by Gasteiger charge is 2.33. The fourth-order valence-corrected chi connectivity index (χ4v) is 4.74. The molecule has 144 valence electrons. The van der Waals surface area contributed by atoms with E-state index >= 15 is 0 Å². The predicted molar refractivity (Wildman–Crippen MR) is 102 cm³/mol. The maximum absolute atomic E-state index is 12.6. The van der Waals surface area contributed by atoms with Crippen molar-refractivity contribution in [3.8, 4) is 0 Å². The van der Waals surface area contributed by atoms with Gasteiger partial charge in [0.2, 0.25) is 15.9 Å². The van der Waals surface area contributed by atoms with Gasteiger partial charge in [-0.2, -0.15) is 4.31 Å². The van der Waals surface area contributed by atoms with Crippen molar-refractivity contribution in [1.29, 1.82) is 0 Å².